The Bertz CT molecular complexity index is 768. The second kappa shape index (κ2) is 5.57. The van der Waals surface area contributed by atoms with Crippen molar-refractivity contribution in [1.82, 2.24) is 15.2 Å². The number of nitrogens with one attached hydrogen (secondary N) is 3. The van der Waals surface area contributed by atoms with Gasteiger partial charge >= 0.3 is 5.69 Å². The molecular formula is C11H9ClN4O4. The van der Waals surface area contributed by atoms with Gasteiger partial charge in [0.1, 0.15) is 5.75 Å². The highest BCUT2D eigenvalue weighted by Gasteiger charge is 2.14. The van der Waals surface area contributed by atoms with Gasteiger partial charge in [-0.3, -0.25) is 14.6 Å². The number of rotatable bonds is 3. The van der Waals surface area contributed by atoms with Gasteiger partial charge in [0.05, 0.1) is 12.1 Å². The molecule has 2 rings (SSSR count). The lowest BCUT2D eigenvalue weighted by Gasteiger charge is -2.07. The van der Waals surface area contributed by atoms with Crippen molar-refractivity contribution >= 4 is 23.2 Å². The van der Waals surface area contributed by atoms with Crippen LogP contribution in [0.4, 0.5) is 5.69 Å². The molecule has 0 saturated heterocycles. The number of nitrogens with zero attached hydrogens (tertiary/aromatic N) is 1. The summed E-state index contributed by atoms with van der Waals surface area (Å²) in [5.41, 5.74) is -1.78. The molecule has 0 spiro atoms. The average Bonchev–Trinajstić information content (AvgIpc) is 2.38. The van der Waals surface area contributed by atoms with Crippen molar-refractivity contribution in [3.05, 3.63) is 49.8 Å². The maximum atomic E-state index is 11.8. The number of ether oxygens (including phenoxy) is 1. The number of aromatic amines is 2. The van der Waals surface area contributed by atoms with Crippen molar-refractivity contribution in [1.29, 1.82) is 0 Å². The van der Waals surface area contributed by atoms with E-state index < -0.39 is 22.9 Å². The first-order valence-electron chi connectivity index (χ1n) is 5.35. The van der Waals surface area contributed by atoms with Gasteiger partial charge in [-0.15, -0.1) is 0 Å². The van der Waals surface area contributed by atoms with Crippen molar-refractivity contribution in [3.8, 4) is 5.75 Å². The third-order valence-electron chi connectivity index (χ3n) is 2.34. The quantitative estimate of drug-likeness (QED) is 0.756. The van der Waals surface area contributed by atoms with E-state index in [0.717, 1.165) is 0 Å². The van der Waals surface area contributed by atoms with Crippen LogP contribution in [-0.2, 0) is 0 Å². The third-order valence-corrected chi connectivity index (χ3v) is 2.63. The monoisotopic (exact) mass is 296 g/mol. The van der Waals surface area contributed by atoms with Crippen LogP contribution in [-0.4, -0.2) is 28.2 Å². The van der Waals surface area contributed by atoms with Gasteiger partial charge in [0.25, 0.3) is 11.5 Å². The maximum Gasteiger partial charge on any atom is 0.342 e. The molecule has 1 heterocycles. The van der Waals surface area contributed by atoms with Crippen LogP contribution in [0, 0.1) is 0 Å². The fourth-order valence-corrected chi connectivity index (χ4v) is 1.69. The number of H-pyrrole nitrogens is 2. The molecule has 3 N–H and O–H groups in total. The molecule has 0 aliphatic carbocycles. The summed E-state index contributed by atoms with van der Waals surface area (Å²) in [6.45, 7) is 0. The smallest absolute Gasteiger partial charge is 0.342 e. The normalized spacial score (nSPS) is 10.1. The van der Waals surface area contributed by atoms with Crippen LogP contribution in [0.3, 0.4) is 0 Å². The number of hydrogen-bond acceptors (Lipinski definition) is 5. The summed E-state index contributed by atoms with van der Waals surface area (Å²) in [5, 5.41) is 8.07. The summed E-state index contributed by atoms with van der Waals surface area (Å²) < 4.78 is 4.97. The number of benzene rings is 1. The SMILES string of the molecule is COc1ccc(NC(=O)c2n[nH]c(=O)[nH]c2=O)cc1Cl. The predicted molar refractivity (Wildman–Crippen MR) is 71.4 cm³/mol. The molecule has 1 aromatic heterocycles. The number of methoxy groups -OCH3 is 1. The molecule has 0 fully saturated rings. The second-order valence-electron chi connectivity index (χ2n) is 3.66. The summed E-state index contributed by atoms with van der Waals surface area (Å²) >= 11 is 5.90. The van der Waals surface area contributed by atoms with Gasteiger partial charge < -0.3 is 10.1 Å². The lowest BCUT2D eigenvalue weighted by molar-refractivity contribution is 0.101. The fourth-order valence-electron chi connectivity index (χ4n) is 1.44. The van der Waals surface area contributed by atoms with Crippen molar-refractivity contribution in [2.45, 2.75) is 0 Å². The number of anilines is 1. The van der Waals surface area contributed by atoms with E-state index >= 15 is 0 Å². The fraction of sp³-hybridized carbons (Fsp3) is 0.0909. The van der Waals surface area contributed by atoms with Gasteiger partial charge in [0.2, 0.25) is 5.69 Å². The number of carbonyl (C=O) groups excluding carboxylic acids is 1. The molecule has 1 amide bonds. The zero-order chi connectivity index (χ0) is 14.7. The van der Waals surface area contributed by atoms with Crippen LogP contribution < -0.4 is 21.3 Å². The van der Waals surface area contributed by atoms with Gasteiger partial charge in [-0.2, -0.15) is 5.10 Å². The Labute approximate surface area is 116 Å². The van der Waals surface area contributed by atoms with Crippen molar-refractivity contribution < 1.29 is 9.53 Å². The van der Waals surface area contributed by atoms with Crippen LogP contribution in [0.15, 0.2) is 27.8 Å². The van der Waals surface area contributed by atoms with Gasteiger partial charge in [-0.1, -0.05) is 11.6 Å². The summed E-state index contributed by atoms with van der Waals surface area (Å²) in [5.74, 6) is -0.326. The zero-order valence-corrected chi connectivity index (χ0v) is 10.9. The van der Waals surface area contributed by atoms with Crippen LogP contribution >= 0.6 is 11.6 Å². The first-order valence-corrected chi connectivity index (χ1v) is 5.73. The molecule has 0 unspecified atom stereocenters. The van der Waals surface area contributed by atoms with Crippen LogP contribution in [0.25, 0.3) is 0 Å². The van der Waals surface area contributed by atoms with Crippen LogP contribution in [0.1, 0.15) is 10.5 Å². The highest BCUT2D eigenvalue weighted by atomic mass is 35.5. The minimum atomic E-state index is -0.883. The summed E-state index contributed by atoms with van der Waals surface area (Å²) in [6, 6.07) is 4.56. The van der Waals surface area contributed by atoms with E-state index in [-0.39, 0.29) is 0 Å². The number of carbonyl (C=O) groups is 1. The summed E-state index contributed by atoms with van der Waals surface area (Å²) in [6.07, 6.45) is 0. The average molecular weight is 297 g/mol. The molecule has 9 heteroatoms. The Morgan fingerprint density at radius 3 is 2.75 bits per heavy atom. The third kappa shape index (κ3) is 2.86. The Hall–Kier alpha value is -2.61. The summed E-state index contributed by atoms with van der Waals surface area (Å²) in [4.78, 5) is 35.9. The molecule has 0 bridgehead atoms. The molecule has 0 atom stereocenters. The van der Waals surface area contributed by atoms with Crippen molar-refractivity contribution in [3.63, 3.8) is 0 Å². The topological polar surface area (TPSA) is 117 Å². The minimum absolute atomic E-state index is 0.300. The molecule has 2 aromatic rings. The Morgan fingerprint density at radius 1 is 1.40 bits per heavy atom. The molecule has 0 aliphatic heterocycles. The Morgan fingerprint density at radius 2 is 2.15 bits per heavy atom. The molecule has 1 aromatic carbocycles. The zero-order valence-electron chi connectivity index (χ0n) is 10.2. The number of hydrogen-bond donors (Lipinski definition) is 3. The van der Waals surface area contributed by atoms with Crippen LogP contribution in [0.5, 0.6) is 5.75 Å². The largest absolute Gasteiger partial charge is 0.495 e. The molecule has 0 saturated carbocycles. The lowest BCUT2D eigenvalue weighted by atomic mass is 10.3. The first-order chi connectivity index (χ1) is 9.51. The van der Waals surface area contributed by atoms with Crippen molar-refractivity contribution in [2.75, 3.05) is 12.4 Å². The molecule has 0 radical (unpaired) electrons. The molecule has 104 valence electrons. The van der Waals surface area contributed by atoms with Crippen molar-refractivity contribution in [2.24, 2.45) is 0 Å². The predicted octanol–water partition coefficient (Wildman–Crippen LogP) is 0.372. The number of aromatic nitrogens is 3. The van der Waals surface area contributed by atoms with E-state index in [1.165, 1.54) is 13.2 Å². The van der Waals surface area contributed by atoms with E-state index in [4.69, 9.17) is 16.3 Å². The van der Waals surface area contributed by atoms with Crippen LogP contribution in [0.2, 0.25) is 5.02 Å². The van der Waals surface area contributed by atoms with Gasteiger partial charge in [0.15, 0.2) is 0 Å². The molecular weight excluding hydrogens is 288 g/mol. The van der Waals surface area contributed by atoms with E-state index in [1.807, 2.05) is 10.1 Å². The van der Waals surface area contributed by atoms with E-state index in [9.17, 15) is 14.4 Å². The first kappa shape index (κ1) is 13.8. The van der Waals surface area contributed by atoms with E-state index in [0.29, 0.717) is 16.5 Å². The standard InChI is InChI=1S/C11H9ClN4O4/c1-20-7-3-2-5(4-6(7)12)13-9(17)8-10(18)14-11(19)16-15-8/h2-4H,1H3,(H,13,17)(H2,14,16,18,19). The van der Waals surface area contributed by atoms with Gasteiger partial charge in [-0.05, 0) is 18.2 Å². The Kier molecular flexibility index (Phi) is 3.85. The molecule has 8 nitrogen and oxygen atoms in total. The lowest BCUT2D eigenvalue weighted by Crippen LogP contribution is -2.32. The highest BCUT2D eigenvalue weighted by Crippen LogP contribution is 2.27. The van der Waals surface area contributed by atoms with E-state index in [2.05, 4.69) is 10.4 Å². The summed E-state index contributed by atoms with van der Waals surface area (Å²) in [7, 11) is 1.46. The van der Waals surface area contributed by atoms with E-state index in [1.54, 1.807) is 12.1 Å². The Balaban J connectivity index is 2.25. The number of amides is 1. The van der Waals surface area contributed by atoms with Gasteiger partial charge in [0, 0.05) is 5.69 Å². The maximum absolute atomic E-state index is 11.8. The molecule has 0 aliphatic rings. The second-order valence-corrected chi connectivity index (χ2v) is 4.07. The van der Waals surface area contributed by atoms with Gasteiger partial charge in [-0.25, -0.2) is 9.89 Å². The minimum Gasteiger partial charge on any atom is -0.495 e. The molecule has 20 heavy (non-hydrogen) atoms. The highest BCUT2D eigenvalue weighted by molar-refractivity contribution is 6.32. The number of halogens is 1.